The number of phenols is 1. The zero-order valence-corrected chi connectivity index (χ0v) is 12.6. The van der Waals surface area contributed by atoms with Crippen LogP contribution in [0.3, 0.4) is 0 Å². The minimum absolute atomic E-state index is 0.0669. The molecule has 0 heterocycles. The van der Waals surface area contributed by atoms with E-state index in [4.69, 9.17) is 10.00 Å². The second-order valence-corrected chi connectivity index (χ2v) is 4.74. The van der Waals surface area contributed by atoms with E-state index in [1.807, 2.05) is 6.07 Å². The van der Waals surface area contributed by atoms with Gasteiger partial charge in [-0.15, -0.1) is 0 Å². The van der Waals surface area contributed by atoms with Crippen molar-refractivity contribution in [2.75, 3.05) is 7.11 Å². The lowest BCUT2D eigenvalue weighted by Gasteiger charge is -2.05. The van der Waals surface area contributed by atoms with E-state index in [-0.39, 0.29) is 11.5 Å². The first-order chi connectivity index (χ1) is 11.5. The molecule has 0 aliphatic carbocycles. The van der Waals surface area contributed by atoms with Crippen LogP contribution >= 0.6 is 0 Å². The fraction of sp³-hybridized carbons (Fsp3) is 0.0588. The molecule has 7 nitrogen and oxygen atoms in total. The van der Waals surface area contributed by atoms with Crippen molar-refractivity contribution in [1.82, 2.24) is 0 Å². The summed E-state index contributed by atoms with van der Waals surface area (Å²) in [5.74, 6) is -1.00. The Labute approximate surface area is 137 Å². The first-order valence-electron chi connectivity index (χ1n) is 6.74. The molecule has 1 N–H and O–H groups in total. The van der Waals surface area contributed by atoms with Gasteiger partial charge in [-0.1, -0.05) is 18.2 Å². The van der Waals surface area contributed by atoms with Crippen LogP contribution in [0.1, 0.15) is 21.5 Å². The number of nitro benzene ring substituents is 1. The molecule has 0 fully saturated rings. The SMILES string of the molecule is COc1cc(/C=C/C(=O)c2cccc(C#N)c2)cc([N+](=O)[O-])c1O. The van der Waals surface area contributed by atoms with Crippen molar-refractivity contribution in [1.29, 1.82) is 5.26 Å². The molecule has 0 saturated carbocycles. The highest BCUT2D eigenvalue weighted by Gasteiger charge is 2.19. The summed E-state index contributed by atoms with van der Waals surface area (Å²) < 4.78 is 4.89. The molecule has 0 radical (unpaired) electrons. The van der Waals surface area contributed by atoms with Crippen molar-refractivity contribution in [2.45, 2.75) is 0 Å². The van der Waals surface area contributed by atoms with Gasteiger partial charge in [0, 0.05) is 11.6 Å². The summed E-state index contributed by atoms with van der Waals surface area (Å²) in [6, 6.07) is 10.6. The number of rotatable bonds is 5. The molecule has 2 rings (SSSR count). The van der Waals surface area contributed by atoms with Gasteiger partial charge in [0.2, 0.25) is 5.75 Å². The topological polar surface area (TPSA) is 113 Å². The number of ether oxygens (including phenoxy) is 1. The van der Waals surface area contributed by atoms with Gasteiger partial charge in [0.15, 0.2) is 11.5 Å². The number of carbonyl (C=O) groups excluding carboxylic acids is 1. The number of hydrogen-bond donors (Lipinski definition) is 1. The summed E-state index contributed by atoms with van der Waals surface area (Å²) in [6.45, 7) is 0. The molecule has 0 aliphatic rings. The van der Waals surface area contributed by atoms with Crippen molar-refractivity contribution < 1.29 is 19.6 Å². The minimum atomic E-state index is -0.743. The molecule has 2 aromatic carbocycles. The zero-order chi connectivity index (χ0) is 17.7. The average Bonchev–Trinajstić information content (AvgIpc) is 2.60. The van der Waals surface area contributed by atoms with Crippen LogP contribution in [0.2, 0.25) is 0 Å². The normalized spacial score (nSPS) is 10.3. The molecule has 0 unspecified atom stereocenters. The molecular weight excluding hydrogens is 312 g/mol. The second kappa shape index (κ2) is 7.07. The minimum Gasteiger partial charge on any atom is -0.500 e. The Kier molecular flexibility index (Phi) is 4.92. The Balaban J connectivity index is 2.34. The summed E-state index contributed by atoms with van der Waals surface area (Å²) in [6.07, 6.45) is 2.60. The van der Waals surface area contributed by atoms with Gasteiger partial charge in [0.25, 0.3) is 0 Å². The van der Waals surface area contributed by atoms with Crippen LogP contribution in [0.15, 0.2) is 42.5 Å². The third kappa shape index (κ3) is 3.56. The fourth-order valence-corrected chi connectivity index (χ4v) is 2.01. The van der Waals surface area contributed by atoms with Crippen LogP contribution in [0.5, 0.6) is 11.5 Å². The number of phenolic OH excluding ortho intramolecular Hbond substituents is 1. The molecule has 0 aliphatic heterocycles. The van der Waals surface area contributed by atoms with E-state index in [1.54, 1.807) is 18.2 Å². The van der Waals surface area contributed by atoms with E-state index in [0.717, 1.165) is 6.07 Å². The van der Waals surface area contributed by atoms with Gasteiger partial charge in [0.1, 0.15) is 0 Å². The number of hydrogen-bond acceptors (Lipinski definition) is 6. The number of carbonyl (C=O) groups is 1. The van der Waals surface area contributed by atoms with Crippen LogP contribution in [0, 0.1) is 21.4 Å². The third-order valence-corrected chi connectivity index (χ3v) is 3.20. The van der Waals surface area contributed by atoms with E-state index in [9.17, 15) is 20.0 Å². The van der Waals surface area contributed by atoms with Crippen LogP contribution < -0.4 is 4.74 Å². The van der Waals surface area contributed by atoms with Crippen LogP contribution in [-0.4, -0.2) is 22.9 Å². The van der Waals surface area contributed by atoms with Gasteiger partial charge in [-0.3, -0.25) is 14.9 Å². The smallest absolute Gasteiger partial charge is 0.315 e. The van der Waals surface area contributed by atoms with E-state index >= 15 is 0 Å². The van der Waals surface area contributed by atoms with Gasteiger partial charge >= 0.3 is 5.69 Å². The number of nitrogens with zero attached hydrogens (tertiary/aromatic N) is 2. The lowest BCUT2D eigenvalue weighted by atomic mass is 10.1. The summed E-state index contributed by atoms with van der Waals surface area (Å²) in [5.41, 5.74) is 0.482. The van der Waals surface area contributed by atoms with E-state index < -0.39 is 16.4 Å². The van der Waals surface area contributed by atoms with Gasteiger partial charge in [-0.05, 0) is 29.8 Å². The number of methoxy groups -OCH3 is 1. The largest absolute Gasteiger partial charge is 0.500 e. The summed E-state index contributed by atoms with van der Waals surface area (Å²) in [7, 11) is 1.27. The number of ketones is 1. The predicted molar refractivity (Wildman–Crippen MR) is 85.8 cm³/mol. The molecule has 7 heteroatoms. The van der Waals surface area contributed by atoms with E-state index in [0.29, 0.717) is 16.7 Å². The molecule has 0 atom stereocenters. The lowest BCUT2D eigenvalue weighted by Crippen LogP contribution is -1.95. The molecule has 24 heavy (non-hydrogen) atoms. The predicted octanol–water partition coefficient (Wildman–Crippen LogP) is 3.08. The number of nitro groups is 1. The molecule has 120 valence electrons. The standard InChI is InChI=1S/C17H12N2O5/c1-24-16-9-11(8-14(17(16)21)19(22)23)5-6-15(20)13-4-2-3-12(7-13)10-18/h2-9,21H,1H3/b6-5+. The molecule has 0 saturated heterocycles. The van der Waals surface area contributed by atoms with Crippen molar-refractivity contribution in [3.8, 4) is 17.6 Å². The average molecular weight is 324 g/mol. The quantitative estimate of drug-likeness (QED) is 0.391. The lowest BCUT2D eigenvalue weighted by molar-refractivity contribution is -0.386. The highest BCUT2D eigenvalue weighted by Crippen LogP contribution is 2.37. The Bertz CT molecular complexity index is 881. The summed E-state index contributed by atoms with van der Waals surface area (Å²) >= 11 is 0. The van der Waals surface area contributed by atoms with Crippen LogP contribution in [0.4, 0.5) is 5.69 Å². The second-order valence-electron chi connectivity index (χ2n) is 4.74. The monoisotopic (exact) mass is 324 g/mol. The molecule has 0 amide bonds. The molecule has 0 spiro atoms. The maximum Gasteiger partial charge on any atom is 0.315 e. The third-order valence-electron chi connectivity index (χ3n) is 3.20. The Hall–Kier alpha value is -3.66. The van der Waals surface area contributed by atoms with Gasteiger partial charge in [-0.25, -0.2) is 0 Å². The van der Waals surface area contributed by atoms with Crippen molar-refractivity contribution in [3.63, 3.8) is 0 Å². The number of aromatic hydroxyl groups is 1. The highest BCUT2D eigenvalue weighted by molar-refractivity contribution is 6.07. The first kappa shape index (κ1) is 16.7. The van der Waals surface area contributed by atoms with Crippen LogP contribution in [0.25, 0.3) is 6.08 Å². The van der Waals surface area contributed by atoms with Gasteiger partial charge < -0.3 is 9.84 Å². The number of allylic oxidation sites excluding steroid dienone is 1. The molecule has 0 aromatic heterocycles. The number of nitriles is 1. The first-order valence-corrected chi connectivity index (χ1v) is 6.74. The number of benzene rings is 2. The molecule has 0 bridgehead atoms. The Morgan fingerprint density at radius 2 is 2.12 bits per heavy atom. The van der Waals surface area contributed by atoms with Gasteiger partial charge in [-0.2, -0.15) is 5.26 Å². The Morgan fingerprint density at radius 1 is 1.38 bits per heavy atom. The van der Waals surface area contributed by atoms with Crippen molar-refractivity contribution in [2.24, 2.45) is 0 Å². The fourth-order valence-electron chi connectivity index (χ4n) is 2.01. The summed E-state index contributed by atoms with van der Waals surface area (Å²) in [4.78, 5) is 22.3. The maximum absolute atomic E-state index is 12.1. The highest BCUT2D eigenvalue weighted by atomic mass is 16.6. The van der Waals surface area contributed by atoms with E-state index in [1.165, 1.54) is 31.4 Å². The zero-order valence-electron chi connectivity index (χ0n) is 12.6. The van der Waals surface area contributed by atoms with Crippen molar-refractivity contribution in [3.05, 3.63) is 69.3 Å². The van der Waals surface area contributed by atoms with Crippen LogP contribution in [-0.2, 0) is 0 Å². The van der Waals surface area contributed by atoms with Crippen molar-refractivity contribution >= 4 is 17.5 Å². The van der Waals surface area contributed by atoms with E-state index in [2.05, 4.69) is 0 Å². The molecule has 2 aromatic rings. The Morgan fingerprint density at radius 3 is 2.75 bits per heavy atom. The summed E-state index contributed by atoms with van der Waals surface area (Å²) in [5, 5.41) is 29.5. The molecular formula is C17H12N2O5. The van der Waals surface area contributed by atoms with Gasteiger partial charge in [0.05, 0.1) is 23.7 Å². The maximum atomic E-state index is 12.1.